The fourth-order valence-corrected chi connectivity index (χ4v) is 3.07. The third kappa shape index (κ3) is 5.61. The number of hydrogen-bond acceptors (Lipinski definition) is 3. The number of ether oxygens (including phenoxy) is 2. The van der Waals surface area contributed by atoms with Crippen molar-refractivity contribution in [2.24, 2.45) is 0 Å². The van der Waals surface area contributed by atoms with E-state index in [0.29, 0.717) is 22.9 Å². The van der Waals surface area contributed by atoms with Crippen molar-refractivity contribution >= 4 is 17.6 Å². The van der Waals surface area contributed by atoms with Crippen LogP contribution in [0.5, 0.6) is 11.5 Å². The number of carbonyl (C=O) groups excluding carboxylic acids is 1. The largest absolute Gasteiger partial charge is 0.489 e. The predicted octanol–water partition coefficient (Wildman–Crippen LogP) is 6.74. The fraction of sp³-hybridized carbons (Fsp3) is 0.240. The van der Waals surface area contributed by atoms with E-state index in [4.69, 9.17) is 21.1 Å². The smallest absolute Gasteiger partial charge is 0.343 e. The molecule has 3 aromatic rings. The number of hydrogen-bond donors (Lipinski definition) is 0. The van der Waals surface area contributed by atoms with Gasteiger partial charge in [-0.05, 0) is 71.5 Å². The zero-order chi connectivity index (χ0) is 21.0. The highest BCUT2D eigenvalue weighted by molar-refractivity contribution is 6.30. The molecule has 0 saturated heterocycles. The van der Waals surface area contributed by atoms with Crippen LogP contribution in [0.25, 0.3) is 0 Å². The first kappa shape index (κ1) is 20.9. The van der Waals surface area contributed by atoms with E-state index in [1.807, 2.05) is 31.2 Å². The Kier molecular flexibility index (Phi) is 6.29. The van der Waals surface area contributed by atoms with Gasteiger partial charge in [0.25, 0.3) is 0 Å². The second-order valence-electron chi connectivity index (χ2n) is 8.06. The number of halogens is 1. The molecule has 0 saturated carbocycles. The van der Waals surface area contributed by atoms with Gasteiger partial charge in [-0.15, -0.1) is 0 Å². The lowest BCUT2D eigenvalue weighted by atomic mass is 9.87. The van der Waals surface area contributed by atoms with E-state index < -0.39 is 5.97 Å². The number of rotatable bonds is 5. The zero-order valence-corrected chi connectivity index (χ0v) is 17.9. The minimum atomic E-state index is -0.402. The Morgan fingerprint density at radius 1 is 0.931 bits per heavy atom. The van der Waals surface area contributed by atoms with Gasteiger partial charge in [-0.25, -0.2) is 4.79 Å². The molecule has 4 heteroatoms. The Morgan fingerprint density at radius 3 is 2.17 bits per heavy atom. The van der Waals surface area contributed by atoms with Gasteiger partial charge in [-0.1, -0.05) is 56.6 Å². The van der Waals surface area contributed by atoms with E-state index in [0.717, 1.165) is 16.9 Å². The Labute approximate surface area is 177 Å². The molecule has 0 amide bonds. The second kappa shape index (κ2) is 8.71. The molecular weight excluding hydrogens is 384 g/mol. The lowest BCUT2D eigenvalue weighted by Gasteiger charge is -2.19. The van der Waals surface area contributed by atoms with E-state index in [9.17, 15) is 4.79 Å². The molecule has 0 aliphatic rings. The van der Waals surface area contributed by atoms with Crippen LogP contribution in [0.15, 0.2) is 66.7 Å². The highest BCUT2D eigenvalue weighted by Crippen LogP contribution is 2.25. The van der Waals surface area contributed by atoms with Crippen molar-refractivity contribution in [3.63, 3.8) is 0 Å². The van der Waals surface area contributed by atoms with Crippen LogP contribution in [0, 0.1) is 6.92 Å². The molecule has 0 atom stereocenters. The van der Waals surface area contributed by atoms with Crippen LogP contribution in [-0.4, -0.2) is 5.97 Å². The van der Waals surface area contributed by atoms with Crippen LogP contribution in [0.4, 0.5) is 0 Å². The van der Waals surface area contributed by atoms with Crippen LogP contribution in [0.1, 0.15) is 47.8 Å². The molecule has 150 valence electrons. The molecule has 0 bridgehead atoms. The maximum Gasteiger partial charge on any atom is 0.343 e. The maximum atomic E-state index is 12.4. The monoisotopic (exact) mass is 408 g/mol. The standard InChI is InChI=1S/C25H25ClO3/c1-17-15-21(26)11-14-23(17)29-24(27)19-7-5-18(6-8-19)16-28-22-12-9-20(10-13-22)25(2,3)4/h5-15H,16H2,1-4H3. The molecular formula is C25H25ClO3. The van der Waals surface area contributed by atoms with Crippen molar-refractivity contribution in [2.75, 3.05) is 0 Å². The summed E-state index contributed by atoms with van der Waals surface area (Å²) in [5.41, 5.74) is 3.66. The van der Waals surface area contributed by atoms with Crippen LogP contribution < -0.4 is 9.47 Å². The third-order valence-electron chi connectivity index (χ3n) is 4.66. The lowest BCUT2D eigenvalue weighted by molar-refractivity contribution is 0.0733. The van der Waals surface area contributed by atoms with Gasteiger partial charge < -0.3 is 9.47 Å². The SMILES string of the molecule is Cc1cc(Cl)ccc1OC(=O)c1ccc(COc2ccc(C(C)(C)C)cc2)cc1. The molecule has 3 aromatic carbocycles. The first-order chi connectivity index (χ1) is 13.7. The van der Waals surface area contributed by atoms with Crippen molar-refractivity contribution in [3.8, 4) is 11.5 Å². The van der Waals surface area contributed by atoms with Crippen molar-refractivity contribution in [1.29, 1.82) is 0 Å². The Hall–Kier alpha value is -2.78. The molecule has 3 rings (SSSR count). The van der Waals surface area contributed by atoms with Gasteiger partial charge in [0.2, 0.25) is 0 Å². The average molecular weight is 409 g/mol. The summed E-state index contributed by atoms with van der Waals surface area (Å²) in [4.78, 5) is 12.4. The summed E-state index contributed by atoms with van der Waals surface area (Å²) in [5, 5.41) is 0.611. The summed E-state index contributed by atoms with van der Waals surface area (Å²) < 4.78 is 11.3. The Balaban J connectivity index is 1.59. The molecule has 29 heavy (non-hydrogen) atoms. The van der Waals surface area contributed by atoms with Gasteiger partial charge in [-0.2, -0.15) is 0 Å². The first-order valence-electron chi connectivity index (χ1n) is 9.53. The summed E-state index contributed by atoms with van der Waals surface area (Å²) in [5.74, 6) is 0.922. The average Bonchev–Trinajstić information content (AvgIpc) is 2.68. The second-order valence-corrected chi connectivity index (χ2v) is 8.50. The molecule has 0 aliphatic heterocycles. The maximum absolute atomic E-state index is 12.4. The van der Waals surface area contributed by atoms with Gasteiger partial charge in [0.15, 0.2) is 0 Å². The van der Waals surface area contributed by atoms with E-state index in [2.05, 4.69) is 32.9 Å². The highest BCUT2D eigenvalue weighted by Gasteiger charge is 2.13. The number of aryl methyl sites for hydroxylation is 1. The Bertz CT molecular complexity index is 984. The van der Waals surface area contributed by atoms with E-state index in [1.165, 1.54) is 5.56 Å². The minimum absolute atomic E-state index is 0.119. The molecule has 0 aromatic heterocycles. The van der Waals surface area contributed by atoms with Crippen LogP contribution in [-0.2, 0) is 12.0 Å². The van der Waals surface area contributed by atoms with E-state index >= 15 is 0 Å². The summed E-state index contributed by atoms with van der Waals surface area (Å²) in [7, 11) is 0. The Morgan fingerprint density at radius 2 is 1.59 bits per heavy atom. The van der Waals surface area contributed by atoms with Gasteiger partial charge in [0.05, 0.1) is 5.56 Å². The molecule has 3 nitrogen and oxygen atoms in total. The molecule has 0 fully saturated rings. The quantitative estimate of drug-likeness (QED) is 0.346. The molecule has 0 radical (unpaired) electrons. The van der Waals surface area contributed by atoms with E-state index in [1.54, 1.807) is 30.3 Å². The van der Waals surface area contributed by atoms with Crippen LogP contribution >= 0.6 is 11.6 Å². The molecule has 0 spiro atoms. The zero-order valence-electron chi connectivity index (χ0n) is 17.2. The van der Waals surface area contributed by atoms with Crippen molar-refractivity contribution in [2.45, 2.75) is 39.7 Å². The summed E-state index contributed by atoms with van der Waals surface area (Å²) in [6, 6.07) is 20.5. The number of esters is 1. The molecule has 0 unspecified atom stereocenters. The number of carbonyl (C=O) groups is 1. The van der Waals surface area contributed by atoms with Gasteiger partial charge >= 0.3 is 5.97 Å². The highest BCUT2D eigenvalue weighted by atomic mass is 35.5. The lowest BCUT2D eigenvalue weighted by Crippen LogP contribution is -2.10. The normalized spacial score (nSPS) is 11.2. The van der Waals surface area contributed by atoms with Crippen LogP contribution in [0.2, 0.25) is 5.02 Å². The van der Waals surface area contributed by atoms with Crippen molar-refractivity contribution in [3.05, 3.63) is 94.0 Å². The first-order valence-corrected chi connectivity index (χ1v) is 9.91. The minimum Gasteiger partial charge on any atom is -0.489 e. The van der Waals surface area contributed by atoms with Gasteiger partial charge in [0, 0.05) is 5.02 Å². The fourth-order valence-electron chi connectivity index (χ4n) is 2.84. The predicted molar refractivity (Wildman–Crippen MR) is 117 cm³/mol. The topological polar surface area (TPSA) is 35.5 Å². The molecule has 0 heterocycles. The summed E-state index contributed by atoms with van der Waals surface area (Å²) >= 11 is 5.94. The van der Waals surface area contributed by atoms with Gasteiger partial charge in [0.1, 0.15) is 18.1 Å². The third-order valence-corrected chi connectivity index (χ3v) is 4.89. The number of benzene rings is 3. The van der Waals surface area contributed by atoms with Crippen LogP contribution in [0.3, 0.4) is 0 Å². The van der Waals surface area contributed by atoms with E-state index in [-0.39, 0.29) is 5.41 Å². The van der Waals surface area contributed by atoms with Gasteiger partial charge in [-0.3, -0.25) is 0 Å². The summed E-state index contributed by atoms with van der Waals surface area (Å²) in [6.45, 7) is 8.83. The van der Waals surface area contributed by atoms with Crippen molar-refractivity contribution < 1.29 is 14.3 Å². The van der Waals surface area contributed by atoms with Crippen molar-refractivity contribution in [1.82, 2.24) is 0 Å². The molecule has 0 N–H and O–H groups in total. The summed E-state index contributed by atoms with van der Waals surface area (Å²) in [6.07, 6.45) is 0. The molecule has 0 aliphatic carbocycles.